The van der Waals surface area contributed by atoms with Crippen LogP contribution in [0.15, 0.2) is 36.5 Å². The van der Waals surface area contributed by atoms with Gasteiger partial charge in [-0.2, -0.15) is 0 Å². The number of allylic oxidation sites excluding steroid dienone is 4. The molecule has 1 atom stereocenters. The summed E-state index contributed by atoms with van der Waals surface area (Å²) in [5.41, 5.74) is -0.655. The molecule has 0 amide bonds. The SMILES string of the molecule is CC(C)(O)C1/C=C\C=C/C/C=C\1. The second kappa shape index (κ2) is 3.72. The van der Waals surface area contributed by atoms with Crippen LogP contribution >= 0.6 is 0 Å². The van der Waals surface area contributed by atoms with E-state index in [1.54, 1.807) is 0 Å². The van der Waals surface area contributed by atoms with E-state index in [-0.39, 0.29) is 5.92 Å². The van der Waals surface area contributed by atoms with Gasteiger partial charge in [-0.25, -0.2) is 0 Å². The highest BCUT2D eigenvalue weighted by atomic mass is 16.3. The second-order valence-electron chi connectivity index (χ2n) is 3.66. The first kappa shape index (κ1) is 9.27. The van der Waals surface area contributed by atoms with E-state index in [0.717, 1.165) is 6.42 Å². The van der Waals surface area contributed by atoms with Crippen LogP contribution in [-0.4, -0.2) is 10.7 Å². The molecule has 1 nitrogen and oxygen atoms in total. The summed E-state index contributed by atoms with van der Waals surface area (Å²) in [4.78, 5) is 0. The highest BCUT2D eigenvalue weighted by Crippen LogP contribution is 2.20. The zero-order valence-electron chi connectivity index (χ0n) is 7.70. The number of hydrogen-bond acceptors (Lipinski definition) is 1. The van der Waals surface area contributed by atoms with Gasteiger partial charge in [0, 0.05) is 5.92 Å². The average molecular weight is 164 g/mol. The Bertz CT molecular complexity index is 216. The Morgan fingerprint density at radius 3 is 2.58 bits per heavy atom. The van der Waals surface area contributed by atoms with Gasteiger partial charge in [0.15, 0.2) is 0 Å². The van der Waals surface area contributed by atoms with Gasteiger partial charge in [-0.05, 0) is 20.3 Å². The van der Waals surface area contributed by atoms with Crippen molar-refractivity contribution < 1.29 is 5.11 Å². The molecule has 1 aliphatic carbocycles. The Hall–Kier alpha value is -0.820. The Morgan fingerprint density at radius 2 is 1.92 bits per heavy atom. The van der Waals surface area contributed by atoms with Crippen molar-refractivity contribution in [2.75, 3.05) is 0 Å². The molecule has 1 heteroatoms. The minimum absolute atomic E-state index is 0.127. The predicted molar refractivity (Wildman–Crippen MR) is 51.8 cm³/mol. The third-order valence-electron chi connectivity index (χ3n) is 2.00. The lowest BCUT2D eigenvalue weighted by Gasteiger charge is -2.24. The fourth-order valence-corrected chi connectivity index (χ4v) is 1.18. The molecule has 0 aliphatic heterocycles. The van der Waals surface area contributed by atoms with Crippen molar-refractivity contribution in [1.29, 1.82) is 0 Å². The summed E-state index contributed by atoms with van der Waals surface area (Å²) in [6.45, 7) is 3.66. The van der Waals surface area contributed by atoms with Crippen LogP contribution in [0.3, 0.4) is 0 Å². The Kier molecular flexibility index (Phi) is 2.88. The lowest BCUT2D eigenvalue weighted by Crippen LogP contribution is -2.27. The molecule has 0 bridgehead atoms. The molecular weight excluding hydrogens is 148 g/mol. The zero-order valence-corrected chi connectivity index (χ0v) is 7.70. The molecule has 0 aromatic carbocycles. The Labute approximate surface area is 74.1 Å². The fourth-order valence-electron chi connectivity index (χ4n) is 1.18. The highest BCUT2D eigenvalue weighted by Gasteiger charge is 2.21. The van der Waals surface area contributed by atoms with Crippen molar-refractivity contribution in [3.8, 4) is 0 Å². The van der Waals surface area contributed by atoms with Crippen molar-refractivity contribution in [2.45, 2.75) is 25.9 Å². The fraction of sp³-hybridized carbons (Fsp3) is 0.455. The molecule has 1 rings (SSSR count). The van der Waals surface area contributed by atoms with Gasteiger partial charge in [0.2, 0.25) is 0 Å². The average Bonchev–Trinajstić information content (AvgIpc) is 1.81. The van der Waals surface area contributed by atoms with E-state index in [4.69, 9.17) is 0 Å². The molecule has 66 valence electrons. The molecule has 0 aromatic rings. The molecule has 0 fully saturated rings. The van der Waals surface area contributed by atoms with E-state index in [0.29, 0.717) is 0 Å². The molecular formula is C11H16O. The van der Waals surface area contributed by atoms with Crippen LogP contribution in [0.4, 0.5) is 0 Å². The molecule has 0 saturated heterocycles. The van der Waals surface area contributed by atoms with Gasteiger partial charge >= 0.3 is 0 Å². The number of aliphatic hydroxyl groups is 1. The summed E-state index contributed by atoms with van der Waals surface area (Å²) in [5, 5.41) is 9.73. The number of rotatable bonds is 1. The molecule has 0 spiro atoms. The minimum atomic E-state index is -0.655. The summed E-state index contributed by atoms with van der Waals surface area (Å²) in [7, 11) is 0. The summed E-state index contributed by atoms with van der Waals surface area (Å²) in [6, 6.07) is 0. The molecule has 0 saturated carbocycles. The first-order valence-electron chi connectivity index (χ1n) is 4.33. The first-order valence-corrected chi connectivity index (χ1v) is 4.33. The Morgan fingerprint density at radius 1 is 1.17 bits per heavy atom. The molecule has 0 aromatic heterocycles. The van der Waals surface area contributed by atoms with Crippen molar-refractivity contribution in [1.82, 2.24) is 0 Å². The zero-order chi connectivity index (χ0) is 9.03. The third-order valence-corrected chi connectivity index (χ3v) is 2.00. The van der Waals surface area contributed by atoms with Crippen LogP contribution in [0.25, 0.3) is 0 Å². The normalized spacial score (nSPS) is 31.8. The monoisotopic (exact) mass is 164 g/mol. The van der Waals surface area contributed by atoms with Crippen LogP contribution in [-0.2, 0) is 0 Å². The first-order chi connectivity index (χ1) is 5.61. The second-order valence-corrected chi connectivity index (χ2v) is 3.66. The van der Waals surface area contributed by atoms with Crippen molar-refractivity contribution in [2.24, 2.45) is 5.92 Å². The van der Waals surface area contributed by atoms with Crippen LogP contribution in [0.2, 0.25) is 0 Å². The summed E-state index contributed by atoms with van der Waals surface area (Å²) >= 11 is 0. The van der Waals surface area contributed by atoms with E-state index < -0.39 is 5.60 Å². The summed E-state index contributed by atoms with van der Waals surface area (Å²) in [6.07, 6.45) is 13.2. The van der Waals surface area contributed by atoms with E-state index in [2.05, 4.69) is 18.2 Å². The molecule has 1 unspecified atom stereocenters. The molecule has 0 heterocycles. The van der Waals surface area contributed by atoms with Gasteiger partial charge in [0.25, 0.3) is 0 Å². The van der Waals surface area contributed by atoms with E-state index in [9.17, 15) is 5.11 Å². The Balaban J connectivity index is 2.77. The number of hydrogen-bond donors (Lipinski definition) is 1. The van der Waals surface area contributed by atoms with Crippen LogP contribution in [0.5, 0.6) is 0 Å². The molecule has 1 aliphatic rings. The van der Waals surface area contributed by atoms with Crippen molar-refractivity contribution in [3.05, 3.63) is 36.5 Å². The van der Waals surface area contributed by atoms with Crippen LogP contribution in [0, 0.1) is 5.92 Å². The van der Waals surface area contributed by atoms with Gasteiger partial charge in [-0.3, -0.25) is 0 Å². The summed E-state index contributed by atoms with van der Waals surface area (Å²) in [5.74, 6) is 0.127. The smallest absolute Gasteiger partial charge is 0.0688 e. The van der Waals surface area contributed by atoms with Crippen LogP contribution in [0.1, 0.15) is 20.3 Å². The maximum absolute atomic E-state index is 9.73. The minimum Gasteiger partial charge on any atom is -0.390 e. The largest absolute Gasteiger partial charge is 0.390 e. The van der Waals surface area contributed by atoms with E-state index >= 15 is 0 Å². The van der Waals surface area contributed by atoms with Gasteiger partial charge in [0.1, 0.15) is 0 Å². The van der Waals surface area contributed by atoms with Crippen LogP contribution < -0.4 is 0 Å². The van der Waals surface area contributed by atoms with Gasteiger partial charge < -0.3 is 5.11 Å². The van der Waals surface area contributed by atoms with Gasteiger partial charge in [-0.1, -0.05) is 36.5 Å². The van der Waals surface area contributed by atoms with E-state index in [1.165, 1.54) is 0 Å². The highest BCUT2D eigenvalue weighted by molar-refractivity contribution is 5.16. The quantitative estimate of drug-likeness (QED) is 0.590. The van der Waals surface area contributed by atoms with E-state index in [1.807, 2.05) is 32.1 Å². The molecule has 0 radical (unpaired) electrons. The predicted octanol–water partition coefficient (Wildman–Crippen LogP) is 2.45. The van der Waals surface area contributed by atoms with Crippen molar-refractivity contribution in [3.63, 3.8) is 0 Å². The van der Waals surface area contributed by atoms with Gasteiger partial charge in [-0.15, -0.1) is 0 Å². The lowest BCUT2D eigenvalue weighted by atomic mass is 9.89. The third kappa shape index (κ3) is 2.67. The topological polar surface area (TPSA) is 20.2 Å². The standard InChI is InChI=1S/C11H16O/c1-11(2,12)10-8-6-4-3-5-7-9-10/h3-4,6-10,12H,5H2,1-2H3/b4-3-,8-6-,9-7-. The molecule has 12 heavy (non-hydrogen) atoms. The summed E-state index contributed by atoms with van der Waals surface area (Å²) < 4.78 is 0. The maximum Gasteiger partial charge on any atom is 0.0688 e. The lowest BCUT2D eigenvalue weighted by molar-refractivity contribution is 0.0544. The maximum atomic E-state index is 9.73. The van der Waals surface area contributed by atoms with Crippen molar-refractivity contribution >= 4 is 0 Å². The van der Waals surface area contributed by atoms with Gasteiger partial charge in [0.05, 0.1) is 5.60 Å². The molecule has 1 N–H and O–H groups in total.